The predicted molar refractivity (Wildman–Crippen MR) is 161 cm³/mol. The first-order chi connectivity index (χ1) is 18.1. The Hall–Kier alpha value is -1.70. The number of likely N-dealkylation sites (tertiary alicyclic amines) is 1. The van der Waals surface area contributed by atoms with Crippen molar-refractivity contribution in [2.45, 2.75) is 141 Å². The van der Waals surface area contributed by atoms with Gasteiger partial charge >= 0.3 is 0 Å². The third kappa shape index (κ3) is 8.64. The largest absolute Gasteiger partial charge is 0.342 e. The van der Waals surface area contributed by atoms with Gasteiger partial charge in [-0.05, 0) is 93.9 Å². The van der Waals surface area contributed by atoms with E-state index in [0.29, 0.717) is 6.61 Å². The Bertz CT molecular complexity index is 786. The van der Waals surface area contributed by atoms with Crippen molar-refractivity contribution < 1.29 is 14.4 Å². The number of amides is 2. The maximum atomic E-state index is 12.1. The summed E-state index contributed by atoms with van der Waals surface area (Å²) in [6.45, 7) is 28.6. The maximum absolute atomic E-state index is 12.1. The van der Waals surface area contributed by atoms with Crippen LogP contribution in [0.25, 0.3) is 0 Å². The molecule has 0 unspecified atom stereocenters. The molecule has 2 fully saturated rings. The number of carbonyl (C=O) groups is 2. The van der Waals surface area contributed by atoms with E-state index in [0.717, 1.165) is 83.8 Å². The molecule has 0 aromatic heterocycles. The summed E-state index contributed by atoms with van der Waals surface area (Å²) < 4.78 is 0. The Balaban J connectivity index is 1.83. The fourth-order valence-corrected chi connectivity index (χ4v) is 7.63. The average molecular weight is 547 g/mol. The van der Waals surface area contributed by atoms with Crippen LogP contribution in [0.3, 0.4) is 0 Å². The van der Waals surface area contributed by atoms with Gasteiger partial charge < -0.3 is 9.80 Å². The van der Waals surface area contributed by atoms with Gasteiger partial charge in [0.15, 0.2) is 0 Å². The summed E-state index contributed by atoms with van der Waals surface area (Å²) in [6, 6.07) is 0.451. The average Bonchev–Trinajstić information content (AvgIpc) is 2.81. The van der Waals surface area contributed by atoms with Crippen LogP contribution < -0.4 is 0 Å². The summed E-state index contributed by atoms with van der Waals surface area (Å²) in [7, 11) is 0. The van der Waals surface area contributed by atoms with Gasteiger partial charge in [0, 0.05) is 53.9 Å². The summed E-state index contributed by atoms with van der Waals surface area (Å²) in [5.74, 6) is 0. The molecule has 0 atom stereocenters. The molecule has 2 amide bonds. The van der Waals surface area contributed by atoms with Gasteiger partial charge in [-0.2, -0.15) is 5.06 Å². The number of hydrogen-bond donors (Lipinski definition) is 0. The van der Waals surface area contributed by atoms with Gasteiger partial charge in [-0.3, -0.25) is 19.3 Å². The van der Waals surface area contributed by atoms with Crippen molar-refractivity contribution in [1.29, 1.82) is 0 Å². The Labute approximate surface area is 239 Å². The number of rotatable bonds is 16. The molecule has 2 aliphatic rings. The number of piperidine rings is 2. The monoisotopic (exact) mass is 546 g/mol. The third-order valence-electron chi connectivity index (χ3n) is 8.93. The Morgan fingerprint density at radius 2 is 1.10 bits per heavy atom. The topological polar surface area (TPSA) is 56.3 Å². The van der Waals surface area contributed by atoms with Crippen LogP contribution in [0.2, 0.25) is 0 Å². The van der Waals surface area contributed by atoms with E-state index in [2.05, 4.69) is 78.5 Å². The summed E-state index contributed by atoms with van der Waals surface area (Å²) >= 11 is 0. The van der Waals surface area contributed by atoms with Crippen LogP contribution in [-0.4, -0.2) is 93.1 Å². The van der Waals surface area contributed by atoms with Crippen molar-refractivity contribution >= 4 is 12.8 Å². The molecule has 7 heteroatoms. The van der Waals surface area contributed by atoms with Gasteiger partial charge in [0.05, 0.1) is 6.61 Å². The lowest BCUT2D eigenvalue weighted by molar-refractivity contribution is -0.281. The second-order valence-electron chi connectivity index (χ2n) is 14.3. The molecule has 0 aromatic rings. The van der Waals surface area contributed by atoms with Crippen LogP contribution in [0, 0.1) is 0 Å². The highest BCUT2D eigenvalue weighted by Crippen LogP contribution is 2.41. The van der Waals surface area contributed by atoms with E-state index in [1.807, 2.05) is 15.9 Å². The molecule has 2 heterocycles. The predicted octanol–water partition coefficient (Wildman–Crippen LogP) is 5.81. The normalized spacial score (nSPS) is 23.2. The molecule has 2 aliphatic heterocycles. The van der Waals surface area contributed by atoms with Gasteiger partial charge in [-0.1, -0.05) is 25.0 Å². The minimum atomic E-state index is -0.181. The summed E-state index contributed by atoms with van der Waals surface area (Å²) in [6.07, 6.45) is 13.6. The third-order valence-corrected chi connectivity index (χ3v) is 8.93. The van der Waals surface area contributed by atoms with Crippen molar-refractivity contribution in [3.63, 3.8) is 0 Å². The van der Waals surface area contributed by atoms with Gasteiger partial charge in [0.2, 0.25) is 12.8 Å². The van der Waals surface area contributed by atoms with Gasteiger partial charge in [0.25, 0.3) is 0 Å². The zero-order valence-electron chi connectivity index (χ0n) is 26.4. The standard InChI is InChI=1S/C32H58N4O3/c1-11-17-35-29(3,4)21-27(22-30(35,5)6)33(25-37)18-15-13-14-16-19-34(26-38)28-23-31(7,8)36(39-20-12-2)32(9,10)24-28/h11-12,25-28H,1-2,13-24H2,3-10H3. The minimum Gasteiger partial charge on any atom is -0.342 e. The van der Waals surface area contributed by atoms with E-state index in [1.165, 1.54) is 0 Å². The first-order valence-electron chi connectivity index (χ1n) is 15.0. The Morgan fingerprint density at radius 3 is 1.46 bits per heavy atom. The first-order valence-corrected chi connectivity index (χ1v) is 15.0. The Kier molecular flexibility index (Phi) is 11.8. The van der Waals surface area contributed by atoms with Gasteiger partial charge in [-0.15, -0.1) is 13.2 Å². The summed E-state index contributed by atoms with van der Waals surface area (Å²) in [5.41, 5.74) is -0.339. The molecule has 2 saturated heterocycles. The van der Waals surface area contributed by atoms with Crippen LogP contribution in [0.15, 0.2) is 25.3 Å². The molecule has 0 radical (unpaired) electrons. The van der Waals surface area contributed by atoms with Crippen LogP contribution in [0.1, 0.15) is 107 Å². The zero-order valence-corrected chi connectivity index (χ0v) is 26.4. The second kappa shape index (κ2) is 13.8. The van der Waals surface area contributed by atoms with Crippen molar-refractivity contribution in [3.8, 4) is 0 Å². The van der Waals surface area contributed by atoms with E-state index in [-0.39, 0.29) is 34.2 Å². The van der Waals surface area contributed by atoms with E-state index >= 15 is 0 Å². The molecule has 7 nitrogen and oxygen atoms in total. The lowest BCUT2D eigenvalue weighted by Gasteiger charge is -2.56. The minimum absolute atomic E-state index is 0.0111. The molecular formula is C32H58N4O3. The van der Waals surface area contributed by atoms with Crippen molar-refractivity contribution in [2.75, 3.05) is 26.2 Å². The summed E-state index contributed by atoms with van der Waals surface area (Å²) in [4.78, 5) is 36.8. The van der Waals surface area contributed by atoms with E-state index in [9.17, 15) is 9.59 Å². The molecule has 0 aromatic carbocycles. The SMILES string of the molecule is C=CCON1C(C)(C)CC(N(C=O)CCCCCCN(C=O)C2CC(C)(C)N(CC=C)C(C)(C)C2)CC1(C)C. The smallest absolute Gasteiger partial charge is 0.209 e. The highest BCUT2D eigenvalue weighted by molar-refractivity contribution is 5.48. The van der Waals surface area contributed by atoms with E-state index in [1.54, 1.807) is 6.08 Å². The zero-order chi connectivity index (χ0) is 29.5. The van der Waals surface area contributed by atoms with E-state index < -0.39 is 0 Å². The van der Waals surface area contributed by atoms with Crippen LogP contribution >= 0.6 is 0 Å². The number of hydroxylamine groups is 2. The quantitative estimate of drug-likeness (QED) is 0.139. The molecule has 39 heavy (non-hydrogen) atoms. The molecule has 2 rings (SSSR count). The molecule has 0 aliphatic carbocycles. The highest BCUT2D eigenvalue weighted by Gasteiger charge is 2.48. The number of carbonyl (C=O) groups excluding carboxylic acids is 2. The molecule has 0 bridgehead atoms. The van der Waals surface area contributed by atoms with Crippen LogP contribution in [0.4, 0.5) is 0 Å². The lowest BCUT2D eigenvalue weighted by Crippen LogP contribution is -2.64. The molecule has 0 saturated carbocycles. The van der Waals surface area contributed by atoms with E-state index in [4.69, 9.17) is 4.84 Å². The first kappa shape index (κ1) is 33.5. The molecular weight excluding hydrogens is 488 g/mol. The number of nitrogens with zero attached hydrogens (tertiary/aromatic N) is 4. The number of unbranched alkanes of at least 4 members (excludes halogenated alkanes) is 3. The summed E-state index contributed by atoms with van der Waals surface area (Å²) in [5, 5.41) is 2.10. The fraction of sp³-hybridized carbons (Fsp3) is 0.812. The maximum Gasteiger partial charge on any atom is 0.209 e. The van der Waals surface area contributed by atoms with Gasteiger partial charge in [-0.25, -0.2) is 0 Å². The molecule has 0 N–H and O–H groups in total. The van der Waals surface area contributed by atoms with Gasteiger partial charge in [0.1, 0.15) is 0 Å². The fourth-order valence-electron chi connectivity index (χ4n) is 7.63. The van der Waals surface area contributed by atoms with Crippen LogP contribution in [-0.2, 0) is 14.4 Å². The molecule has 224 valence electrons. The number of hydrogen-bond acceptors (Lipinski definition) is 5. The van der Waals surface area contributed by atoms with Crippen LogP contribution in [0.5, 0.6) is 0 Å². The molecule has 0 spiro atoms. The Morgan fingerprint density at radius 1 is 0.692 bits per heavy atom. The highest BCUT2D eigenvalue weighted by atomic mass is 16.7. The second-order valence-corrected chi connectivity index (χ2v) is 14.3. The van der Waals surface area contributed by atoms with Crippen molar-refractivity contribution in [3.05, 3.63) is 25.3 Å². The lowest BCUT2D eigenvalue weighted by atomic mass is 9.76. The van der Waals surface area contributed by atoms with Crippen molar-refractivity contribution in [1.82, 2.24) is 19.8 Å². The van der Waals surface area contributed by atoms with Crippen molar-refractivity contribution in [2.24, 2.45) is 0 Å².